The molecule has 1 unspecified atom stereocenters. The van der Waals surface area contributed by atoms with Crippen molar-refractivity contribution in [2.24, 2.45) is 28.6 Å². The minimum absolute atomic E-state index is 0.0117. The van der Waals surface area contributed by atoms with Gasteiger partial charge in [-0.2, -0.15) is 0 Å². The van der Waals surface area contributed by atoms with E-state index in [0.717, 1.165) is 196 Å². The molecule has 20 rings (SSSR count). The lowest BCUT2D eigenvalue weighted by atomic mass is 9.68. The normalized spacial score (nSPS) is 16.4. The molecule has 0 radical (unpaired) electrons. The molecule has 4 atom stereocenters. The highest BCUT2D eigenvalue weighted by Crippen LogP contribution is 2.59. The second kappa shape index (κ2) is 40.1. The van der Waals surface area contributed by atoms with Gasteiger partial charge in [0.1, 0.15) is 28.5 Å². The summed E-state index contributed by atoms with van der Waals surface area (Å²) < 4.78 is 12.7. The van der Waals surface area contributed by atoms with Crippen LogP contribution in [0.4, 0.5) is 11.4 Å². The Hall–Kier alpha value is -12.1. The van der Waals surface area contributed by atoms with Gasteiger partial charge < -0.3 is 9.80 Å². The summed E-state index contributed by atoms with van der Waals surface area (Å²) >= 11 is 0. The van der Waals surface area contributed by atoms with Crippen LogP contribution in [0, 0.1) is 28.6 Å². The fourth-order valence-electron chi connectivity index (χ4n) is 21.4. The van der Waals surface area contributed by atoms with Crippen molar-refractivity contribution >= 4 is 17.3 Å². The number of anilines is 2. The molecule has 6 aromatic heterocycles. The molecule has 0 N–H and O–H groups in total. The summed E-state index contributed by atoms with van der Waals surface area (Å²) in [6.45, 7) is 68.3. The van der Waals surface area contributed by atoms with Crippen molar-refractivity contribution in [1.29, 1.82) is 0 Å². The number of benzene rings is 8. The number of hydrogen-bond acceptors (Lipinski definition) is 14. The van der Waals surface area contributed by atoms with Gasteiger partial charge in [-0.3, -0.25) is 4.79 Å². The molecule has 1 amide bonds. The topological polar surface area (TPSA) is 208 Å². The van der Waals surface area contributed by atoms with Crippen LogP contribution in [0.5, 0.6) is 0 Å². The Labute approximate surface area is 852 Å². The fraction of sp³-hybridized carbons (Fsp3) is 0.500. The smallest absolute Gasteiger partial charge is 0.259 e. The summed E-state index contributed by atoms with van der Waals surface area (Å²) in [5, 5.41) is 56.1. The maximum Gasteiger partial charge on any atom is 0.259 e. The lowest BCUT2D eigenvalue weighted by Crippen LogP contribution is -2.48. The van der Waals surface area contributed by atoms with Gasteiger partial charge in [0.05, 0.1) is 78.8 Å². The molecular formula is C122H160N20O. The van der Waals surface area contributed by atoms with E-state index in [-0.39, 0.29) is 55.6 Å². The number of fused-ring (bicyclic) bond motifs is 25. The standard InChI is InChI=1S/C26H30N6.C26H33N3.C25H30N4O.C25H32N4.C20H35N3/c1-7-25(3,4)31-23-19-15-11-9-13-17(19)22-24(32(30-28-22)26(5,6)8-2)20-16-12-10-14-18(20)21(23)27-29-31;1-7-25(3,4)22-17-18-13-9-10-14-19(18)24-23(21-16-12-11-15-20(21)22)27-28-29(24)26(5,6)8-2;1-7-24(3,4)28-20-16-12-11-15-19(20)21-22(29(27-26-21)25(5,6)8-2)17-13-9-10-14-18(17)23(28)30;1-7-24(3,4)28-17-18-13-9-10-14-19(18)23-22(20-15-11-12-16-21(20)28)26-27-29(23)25(5,6)8-2;1-7-19(3,4)13-16-14-9-11-17-18(12-10-15(14)16)23(22-21-17)20(5,6)8-2/h9-16H,7-8H2,1-6H3;9-16,22H,7-8,17H2,1-6H3;9-16H,7-8H2,1-6H3;9-16H,7-8,17H2,1-6H3;14-16H,7-13H2,1-6H3/t;;;;14-,15+,16-/m....1/s1. The number of amides is 1. The molecule has 14 aromatic rings. The Morgan fingerprint density at radius 3 is 1.03 bits per heavy atom. The second-order valence-electron chi connectivity index (χ2n) is 47.4. The van der Waals surface area contributed by atoms with Crippen molar-refractivity contribution < 1.29 is 4.79 Å². The monoisotopic (exact) mass is 1920 g/mol. The third-order valence-corrected chi connectivity index (χ3v) is 34.7. The molecule has 754 valence electrons. The number of aromatic nitrogens is 18. The highest BCUT2D eigenvalue weighted by atomic mass is 16.2. The van der Waals surface area contributed by atoms with E-state index < -0.39 is 0 Å². The molecule has 1 saturated carbocycles. The summed E-state index contributed by atoms with van der Waals surface area (Å²) in [5.74, 6) is 3.33. The highest BCUT2D eigenvalue weighted by Gasteiger charge is 2.52. The van der Waals surface area contributed by atoms with Crippen molar-refractivity contribution in [2.45, 2.75) is 367 Å². The van der Waals surface area contributed by atoms with Crippen molar-refractivity contribution in [3.8, 4) is 113 Å². The zero-order valence-electron chi connectivity index (χ0n) is 91.7. The first-order chi connectivity index (χ1) is 67.9. The van der Waals surface area contributed by atoms with Crippen LogP contribution in [0.25, 0.3) is 113 Å². The number of hydrogen-bond donors (Lipinski definition) is 0. The molecule has 1 fully saturated rings. The number of aryl methyl sites for hydroxylation is 1. The first-order valence-corrected chi connectivity index (χ1v) is 53.5. The molecule has 8 heterocycles. The van der Waals surface area contributed by atoms with E-state index in [9.17, 15) is 4.79 Å². The molecule has 0 spiro atoms. The van der Waals surface area contributed by atoms with E-state index in [4.69, 9.17) is 25.6 Å². The van der Waals surface area contributed by atoms with E-state index in [0.29, 0.717) is 16.9 Å². The number of rotatable bonds is 21. The lowest BCUT2D eigenvalue weighted by Gasteiger charge is -2.42. The quantitative estimate of drug-likeness (QED) is 0.0656. The number of carbonyl (C=O) groups excluding carboxylic acids is 1. The molecule has 0 saturated heterocycles. The van der Waals surface area contributed by atoms with Crippen LogP contribution in [0.15, 0.2) is 194 Å². The number of carbonyl (C=O) groups is 1. The van der Waals surface area contributed by atoms with E-state index in [1.54, 1.807) is 0 Å². The van der Waals surface area contributed by atoms with Crippen LogP contribution >= 0.6 is 0 Å². The van der Waals surface area contributed by atoms with Crippen LogP contribution < -0.4 is 9.80 Å². The third kappa shape index (κ3) is 19.4. The van der Waals surface area contributed by atoms with E-state index in [1.807, 2.05) is 58.1 Å². The molecule has 6 aliphatic rings. The van der Waals surface area contributed by atoms with Crippen LogP contribution in [-0.2, 0) is 59.0 Å². The third-order valence-electron chi connectivity index (χ3n) is 34.7. The van der Waals surface area contributed by atoms with Gasteiger partial charge in [0.25, 0.3) is 5.91 Å². The minimum Gasteiger partial charge on any atom is -0.362 e. The Morgan fingerprint density at radius 2 is 0.601 bits per heavy atom. The van der Waals surface area contributed by atoms with Gasteiger partial charge in [0, 0.05) is 84.5 Å². The van der Waals surface area contributed by atoms with Crippen LogP contribution in [-0.4, -0.2) is 107 Å². The minimum atomic E-state index is -0.351. The predicted octanol–water partition coefficient (Wildman–Crippen LogP) is 30.1. The van der Waals surface area contributed by atoms with Gasteiger partial charge in [0.15, 0.2) is 0 Å². The van der Waals surface area contributed by atoms with Gasteiger partial charge in [0.2, 0.25) is 0 Å². The van der Waals surface area contributed by atoms with Crippen molar-refractivity contribution in [3.63, 3.8) is 0 Å². The van der Waals surface area contributed by atoms with Gasteiger partial charge in [-0.1, -0.05) is 317 Å². The molecular weight excluding hydrogens is 1760 g/mol. The Morgan fingerprint density at radius 1 is 0.287 bits per heavy atom. The summed E-state index contributed by atoms with van der Waals surface area (Å²) in [7, 11) is 0. The number of para-hydroxylation sites is 2. The molecule has 0 bridgehead atoms. The van der Waals surface area contributed by atoms with Crippen molar-refractivity contribution in [1.82, 2.24) is 90.0 Å². The molecule has 4 aliphatic carbocycles. The average molecular weight is 1920 g/mol. The second-order valence-corrected chi connectivity index (χ2v) is 47.4. The summed E-state index contributed by atoms with van der Waals surface area (Å²) in [5.41, 5.74) is 30.3. The van der Waals surface area contributed by atoms with E-state index >= 15 is 0 Å². The Balaban J connectivity index is 0.000000129. The summed E-state index contributed by atoms with van der Waals surface area (Å²) in [4.78, 5) is 18.5. The largest absolute Gasteiger partial charge is 0.362 e. The van der Waals surface area contributed by atoms with E-state index in [2.05, 4.69) is 418 Å². The zero-order valence-corrected chi connectivity index (χ0v) is 91.7. The molecule has 8 aromatic carbocycles. The average Bonchev–Trinajstić information content (AvgIpc) is 1.63. The van der Waals surface area contributed by atoms with Crippen molar-refractivity contribution in [2.75, 3.05) is 9.80 Å². The molecule has 21 nitrogen and oxygen atoms in total. The van der Waals surface area contributed by atoms with Crippen LogP contribution in [0.3, 0.4) is 0 Å². The van der Waals surface area contributed by atoms with Gasteiger partial charge in [-0.25, -0.2) is 28.1 Å². The fourth-order valence-corrected chi connectivity index (χ4v) is 21.4. The number of nitrogens with zero attached hydrogens (tertiary/aromatic N) is 20. The Kier molecular flexibility index (Phi) is 29.1. The van der Waals surface area contributed by atoms with Crippen LogP contribution in [0.2, 0.25) is 0 Å². The van der Waals surface area contributed by atoms with Gasteiger partial charge in [-0.05, 0) is 270 Å². The summed E-state index contributed by atoms with van der Waals surface area (Å²) in [6.07, 6.45) is 17.6. The first kappa shape index (κ1) is 104. The molecule has 21 heteroatoms. The molecule has 2 aliphatic heterocycles. The SMILES string of the molecule is CCC(C)(C)C1Cc2ccccc2-c2c(nnn2C(C)(C)CC)-c2ccccc21.CCC(C)(C)C[C@@H]1[C@@H]2CCc3nnn(C(C)(C)CC)c3CC[C@@H]21.CCC(C)(C)N1C(=O)c2ccccc2-c2c(nnn2C(C)(C)CC)-c2ccccc21.CCC(C)(C)N1Cc2ccccc2-c2c(nnn2C(C)(C)CC)-c2ccccc21.CCC(C)(C)n1nnc2c1-c1ccccc1-c1nnn(C(C)(C)CC)c1-c1ccccc1-2. The lowest BCUT2D eigenvalue weighted by molar-refractivity contribution is 0.0961. The van der Waals surface area contributed by atoms with Crippen LogP contribution in [0.1, 0.15) is 336 Å². The van der Waals surface area contributed by atoms with Crippen molar-refractivity contribution in [3.05, 3.63) is 228 Å². The zero-order chi connectivity index (χ0) is 103. The summed E-state index contributed by atoms with van der Waals surface area (Å²) in [6, 6.07) is 67.9. The maximum atomic E-state index is 14.0. The molecule has 143 heavy (non-hydrogen) atoms. The highest BCUT2D eigenvalue weighted by molar-refractivity contribution is 6.15. The maximum absolute atomic E-state index is 14.0. The van der Waals surface area contributed by atoms with Gasteiger partial charge >= 0.3 is 0 Å². The predicted molar refractivity (Wildman–Crippen MR) is 587 cm³/mol. The van der Waals surface area contributed by atoms with E-state index in [1.165, 1.54) is 82.6 Å². The first-order valence-electron chi connectivity index (χ1n) is 53.5. The Bertz CT molecular complexity index is 6630. The van der Waals surface area contributed by atoms with Gasteiger partial charge in [-0.15, -0.1) is 30.6 Å².